The largest absolute Gasteiger partial charge is 0.275 e. The maximum atomic E-state index is 5.67. The fourth-order valence-corrected chi connectivity index (χ4v) is 2.46. The van der Waals surface area contributed by atoms with Crippen molar-refractivity contribution in [3.8, 4) is 60.3 Å². The molecule has 0 spiro atoms. The highest BCUT2D eigenvalue weighted by atomic mass is 14.9. The maximum absolute atomic E-state index is 5.67. The molecule has 0 fully saturated rings. The zero-order valence-electron chi connectivity index (χ0n) is 12.8. The van der Waals surface area contributed by atoms with E-state index in [0.717, 1.165) is 33.2 Å². The van der Waals surface area contributed by atoms with Gasteiger partial charge < -0.3 is 0 Å². The Balaban J connectivity index is 2.94. The molecule has 0 unspecified atom stereocenters. The molecule has 0 atom stereocenters. The van der Waals surface area contributed by atoms with Crippen molar-refractivity contribution < 1.29 is 0 Å². The number of rotatable bonds is 0. The van der Waals surface area contributed by atoms with Crippen LogP contribution in [0.2, 0.25) is 0 Å². The van der Waals surface area contributed by atoms with E-state index in [2.05, 4.69) is 47.5 Å². The molecule has 0 bridgehead atoms. The number of hydrogen-bond donors (Lipinski definition) is 0. The molecule has 1 heteroatoms. The Bertz CT molecular complexity index is 1030. The standard InChI is InChI=1S/C21H13N/c1-6-9-11-14-22-15-13-20-19(12-10-7-2)16(4)18(8-3)17(5)21(20)22/h2-3,13,15H,1,4-5H3. The lowest BCUT2D eigenvalue weighted by molar-refractivity contribution is 1.18. The Hall–Kier alpha value is -3.44. The minimum atomic E-state index is 0.831. The highest BCUT2D eigenvalue weighted by molar-refractivity contribution is 5.93. The monoisotopic (exact) mass is 279 g/mol. The average molecular weight is 279 g/mol. The first-order valence-electron chi connectivity index (χ1n) is 6.65. The van der Waals surface area contributed by atoms with Crippen LogP contribution in [0.15, 0.2) is 12.3 Å². The predicted molar refractivity (Wildman–Crippen MR) is 91.7 cm³/mol. The summed E-state index contributed by atoms with van der Waals surface area (Å²) in [6, 6.07) is 4.98. The van der Waals surface area contributed by atoms with Gasteiger partial charge in [-0.25, -0.2) is 0 Å². The first kappa shape index (κ1) is 15.0. The SMILES string of the molecule is C#CC#Cc1c(C)c(C#C)c(C)c2c1ccn2C#CC#CC. The molecule has 0 saturated carbocycles. The second-order valence-corrected chi connectivity index (χ2v) is 4.60. The summed E-state index contributed by atoms with van der Waals surface area (Å²) in [6.45, 7) is 5.71. The third-order valence-electron chi connectivity index (χ3n) is 3.40. The van der Waals surface area contributed by atoms with Gasteiger partial charge in [-0.3, -0.25) is 4.57 Å². The van der Waals surface area contributed by atoms with Crippen molar-refractivity contribution in [2.45, 2.75) is 20.8 Å². The Morgan fingerprint density at radius 2 is 1.77 bits per heavy atom. The lowest BCUT2D eigenvalue weighted by Crippen LogP contribution is -1.98. The van der Waals surface area contributed by atoms with Crippen molar-refractivity contribution in [3.63, 3.8) is 0 Å². The van der Waals surface area contributed by atoms with E-state index in [9.17, 15) is 0 Å². The average Bonchev–Trinajstić information content (AvgIpc) is 2.92. The molecule has 1 nitrogen and oxygen atoms in total. The molecule has 1 heterocycles. The predicted octanol–water partition coefficient (Wildman–Crippen LogP) is 3.06. The summed E-state index contributed by atoms with van der Waals surface area (Å²) in [5.74, 6) is 19.1. The van der Waals surface area contributed by atoms with Crippen LogP contribution in [0.5, 0.6) is 0 Å². The van der Waals surface area contributed by atoms with Gasteiger partial charge in [-0.05, 0) is 55.7 Å². The van der Waals surface area contributed by atoms with E-state index in [1.165, 1.54) is 0 Å². The van der Waals surface area contributed by atoms with Crippen molar-refractivity contribution in [1.82, 2.24) is 4.57 Å². The molecular formula is C21H13N. The lowest BCUT2D eigenvalue weighted by atomic mass is 9.94. The van der Waals surface area contributed by atoms with Gasteiger partial charge in [0.2, 0.25) is 0 Å². The van der Waals surface area contributed by atoms with Crippen LogP contribution in [0.4, 0.5) is 0 Å². The summed E-state index contributed by atoms with van der Waals surface area (Å²) in [7, 11) is 0. The molecule has 2 aromatic rings. The summed E-state index contributed by atoms with van der Waals surface area (Å²) in [5.41, 5.74) is 4.61. The molecule has 1 aromatic heterocycles. The zero-order valence-corrected chi connectivity index (χ0v) is 12.8. The van der Waals surface area contributed by atoms with Gasteiger partial charge in [-0.2, -0.15) is 0 Å². The van der Waals surface area contributed by atoms with Crippen molar-refractivity contribution in [3.05, 3.63) is 34.5 Å². The lowest BCUT2D eigenvalue weighted by Gasteiger charge is -2.10. The molecule has 0 N–H and O–H groups in total. The molecule has 0 aliphatic rings. The van der Waals surface area contributed by atoms with Crippen LogP contribution in [0.3, 0.4) is 0 Å². The van der Waals surface area contributed by atoms with Gasteiger partial charge in [0, 0.05) is 34.7 Å². The number of hydrogen-bond acceptors (Lipinski definition) is 0. The Morgan fingerprint density at radius 3 is 2.41 bits per heavy atom. The van der Waals surface area contributed by atoms with Crippen molar-refractivity contribution >= 4 is 10.9 Å². The van der Waals surface area contributed by atoms with Crippen LogP contribution < -0.4 is 0 Å². The number of aryl methyl sites for hydroxylation is 1. The zero-order chi connectivity index (χ0) is 16.1. The summed E-state index contributed by atoms with van der Waals surface area (Å²) in [5, 5.41) is 0.996. The molecular weight excluding hydrogens is 266 g/mol. The quantitative estimate of drug-likeness (QED) is 0.653. The van der Waals surface area contributed by atoms with Crippen LogP contribution in [0, 0.1) is 74.2 Å². The van der Waals surface area contributed by atoms with Crippen LogP contribution in [0.1, 0.15) is 29.2 Å². The number of nitrogens with zero attached hydrogens (tertiary/aromatic N) is 1. The van der Waals surface area contributed by atoms with E-state index in [0.29, 0.717) is 0 Å². The number of aromatic nitrogens is 1. The summed E-state index contributed by atoms with van der Waals surface area (Å²) >= 11 is 0. The minimum Gasteiger partial charge on any atom is -0.275 e. The number of benzene rings is 1. The second kappa shape index (κ2) is 6.34. The fourth-order valence-electron chi connectivity index (χ4n) is 2.46. The van der Waals surface area contributed by atoms with Crippen LogP contribution in [0.25, 0.3) is 10.9 Å². The van der Waals surface area contributed by atoms with E-state index in [-0.39, 0.29) is 0 Å². The summed E-state index contributed by atoms with van der Waals surface area (Å²) in [6.07, 6.45) is 12.8. The normalized spacial score (nSPS) is 8.41. The van der Waals surface area contributed by atoms with Gasteiger partial charge in [0.05, 0.1) is 5.52 Å². The minimum absolute atomic E-state index is 0.831. The van der Waals surface area contributed by atoms with Crippen LogP contribution >= 0.6 is 0 Å². The van der Waals surface area contributed by atoms with E-state index in [1.807, 2.05) is 30.7 Å². The van der Waals surface area contributed by atoms with E-state index in [4.69, 9.17) is 12.8 Å². The topological polar surface area (TPSA) is 4.93 Å². The van der Waals surface area contributed by atoms with E-state index >= 15 is 0 Å². The molecule has 22 heavy (non-hydrogen) atoms. The Labute approximate surface area is 131 Å². The van der Waals surface area contributed by atoms with Crippen LogP contribution in [-0.2, 0) is 0 Å². The second-order valence-electron chi connectivity index (χ2n) is 4.60. The van der Waals surface area contributed by atoms with E-state index < -0.39 is 0 Å². The highest BCUT2D eigenvalue weighted by Gasteiger charge is 2.14. The van der Waals surface area contributed by atoms with Gasteiger partial charge in [0.25, 0.3) is 0 Å². The van der Waals surface area contributed by atoms with Crippen LogP contribution in [-0.4, -0.2) is 4.57 Å². The smallest absolute Gasteiger partial charge is 0.0666 e. The molecule has 0 aliphatic heterocycles. The third kappa shape index (κ3) is 2.44. The van der Waals surface area contributed by atoms with Gasteiger partial charge in [0.1, 0.15) is 0 Å². The first-order valence-corrected chi connectivity index (χ1v) is 6.65. The molecule has 102 valence electrons. The summed E-state index contributed by atoms with van der Waals surface area (Å²) in [4.78, 5) is 0. The van der Waals surface area contributed by atoms with Gasteiger partial charge in [-0.1, -0.05) is 17.8 Å². The summed E-state index contributed by atoms with van der Waals surface area (Å²) < 4.78 is 1.83. The van der Waals surface area contributed by atoms with Crippen molar-refractivity contribution in [2.75, 3.05) is 0 Å². The fraction of sp³-hybridized carbons (Fsp3) is 0.143. The number of fused-ring (bicyclic) bond motifs is 1. The molecule has 1 aromatic carbocycles. The van der Waals surface area contributed by atoms with Crippen molar-refractivity contribution in [2.24, 2.45) is 0 Å². The Morgan fingerprint density at radius 1 is 1.00 bits per heavy atom. The molecule has 0 radical (unpaired) electrons. The van der Waals surface area contributed by atoms with Gasteiger partial charge in [-0.15, -0.1) is 12.8 Å². The maximum Gasteiger partial charge on any atom is 0.0666 e. The third-order valence-corrected chi connectivity index (χ3v) is 3.40. The van der Waals surface area contributed by atoms with E-state index in [1.54, 1.807) is 6.92 Å². The van der Waals surface area contributed by atoms with Crippen molar-refractivity contribution in [1.29, 1.82) is 0 Å². The highest BCUT2D eigenvalue weighted by Crippen LogP contribution is 2.29. The van der Waals surface area contributed by atoms with Gasteiger partial charge >= 0.3 is 0 Å². The molecule has 0 aliphatic carbocycles. The first-order chi connectivity index (χ1) is 10.7. The number of terminal acetylenes is 2. The molecule has 0 saturated heterocycles. The molecule has 0 amide bonds. The Kier molecular flexibility index (Phi) is 4.31. The van der Waals surface area contributed by atoms with Gasteiger partial charge in [0.15, 0.2) is 0 Å². The molecule has 2 rings (SSSR count).